The number of aromatic nitrogens is 2. The first kappa shape index (κ1) is 13.8. The minimum atomic E-state index is -1.13. The maximum Gasteiger partial charge on any atom is 0.354 e. The summed E-state index contributed by atoms with van der Waals surface area (Å²) in [6.45, 7) is 0. The average molecular weight is 291 g/mol. The molecule has 3 aromatic rings. The quantitative estimate of drug-likeness (QED) is 0.774. The molecule has 22 heavy (non-hydrogen) atoms. The summed E-state index contributed by atoms with van der Waals surface area (Å²) in [7, 11) is 0. The van der Waals surface area contributed by atoms with Crippen LogP contribution in [0.2, 0.25) is 0 Å². The Morgan fingerprint density at radius 3 is 2.09 bits per heavy atom. The van der Waals surface area contributed by atoms with Gasteiger partial charge in [-0.3, -0.25) is 0 Å². The van der Waals surface area contributed by atoms with E-state index in [4.69, 9.17) is 10.8 Å². The van der Waals surface area contributed by atoms with E-state index >= 15 is 0 Å². The molecule has 0 aliphatic carbocycles. The van der Waals surface area contributed by atoms with E-state index in [2.05, 4.69) is 9.97 Å². The first-order chi connectivity index (χ1) is 10.6. The fourth-order valence-electron chi connectivity index (χ4n) is 2.15. The van der Waals surface area contributed by atoms with Crippen molar-refractivity contribution < 1.29 is 9.90 Å². The number of anilines is 1. The monoisotopic (exact) mass is 291 g/mol. The molecule has 1 heterocycles. The largest absolute Gasteiger partial charge is 0.477 e. The van der Waals surface area contributed by atoms with Gasteiger partial charge in [0.05, 0.1) is 0 Å². The zero-order valence-corrected chi connectivity index (χ0v) is 11.6. The SMILES string of the molecule is Nc1cc(C(=O)O)nc(-c2ccc(-c3ccccc3)cc2)n1. The predicted molar refractivity (Wildman–Crippen MR) is 84.3 cm³/mol. The first-order valence-electron chi connectivity index (χ1n) is 6.67. The van der Waals surface area contributed by atoms with Gasteiger partial charge in [-0.15, -0.1) is 0 Å². The van der Waals surface area contributed by atoms with E-state index in [1.165, 1.54) is 6.07 Å². The number of benzene rings is 2. The Kier molecular flexibility index (Phi) is 3.53. The third kappa shape index (κ3) is 2.78. The Hall–Kier alpha value is -3.21. The van der Waals surface area contributed by atoms with Gasteiger partial charge in [-0.1, -0.05) is 54.6 Å². The molecule has 1 aromatic heterocycles. The van der Waals surface area contributed by atoms with Gasteiger partial charge in [-0.2, -0.15) is 0 Å². The van der Waals surface area contributed by atoms with Crippen molar-refractivity contribution in [1.29, 1.82) is 0 Å². The normalized spacial score (nSPS) is 10.4. The first-order valence-corrected chi connectivity index (χ1v) is 6.67. The number of carboxylic acids is 1. The molecule has 0 unspecified atom stereocenters. The third-order valence-corrected chi connectivity index (χ3v) is 3.22. The van der Waals surface area contributed by atoms with E-state index in [1.54, 1.807) is 0 Å². The van der Waals surface area contributed by atoms with Crippen LogP contribution in [0.4, 0.5) is 5.82 Å². The highest BCUT2D eigenvalue weighted by Crippen LogP contribution is 2.23. The van der Waals surface area contributed by atoms with E-state index in [9.17, 15) is 4.79 Å². The lowest BCUT2D eigenvalue weighted by atomic mass is 10.0. The summed E-state index contributed by atoms with van der Waals surface area (Å²) in [6, 6.07) is 18.8. The van der Waals surface area contributed by atoms with Gasteiger partial charge >= 0.3 is 5.97 Å². The molecule has 2 aromatic carbocycles. The van der Waals surface area contributed by atoms with Crippen molar-refractivity contribution in [3.8, 4) is 22.5 Å². The van der Waals surface area contributed by atoms with Crippen LogP contribution in [0.5, 0.6) is 0 Å². The second kappa shape index (κ2) is 5.65. The van der Waals surface area contributed by atoms with Crippen LogP contribution < -0.4 is 5.73 Å². The van der Waals surface area contributed by atoms with Gasteiger partial charge in [0, 0.05) is 11.6 Å². The predicted octanol–water partition coefficient (Wildman–Crippen LogP) is 3.09. The zero-order chi connectivity index (χ0) is 15.5. The molecule has 0 aliphatic heterocycles. The number of nitrogens with two attached hydrogens (primary N) is 1. The smallest absolute Gasteiger partial charge is 0.354 e. The van der Waals surface area contributed by atoms with Crippen molar-refractivity contribution in [3.63, 3.8) is 0 Å². The average Bonchev–Trinajstić information content (AvgIpc) is 2.55. The molecule has 0 bridgehead atoms. The van der Waals surface area contributed by atoms with Crippen molar-refractivity contribution in [2.24, 2.45) is 0 Å². The molecule has 0 atom stereocenters. The van der Waals surface area contributed by atoms with Gasteiger partial charge in [0.1, 0.15) is 5.82 Å². The molecule has 3 rings (SSSR count). The summed E-state index contributed by atoms with van der Waals surface area (Å²) in [4.78, 5) is 19.1. The lowest BCUT2D eigenvalue weighted by Crippen LogP contribution is -2.05. The zero-order valence-electron chi connectivity index (χ0n) is 11.6. The van der Waals surface area contributed by atoms with Crippen molar-refractivity contribution >= 4 is 11.8 Å². The fourth-order valence-corrected chi connectivity index (χ4v) is 2.15. The highest BCUT2D eigenvalue weighted by Gasteiger charge is 2.10. The maximum absolute atomic E-state index is 11.0. The number of aromatic carboxylic acids is 1. The molecule has 108 valence electrons. The Bertz CT molecular complexity index is 815. The highest BCUT2D eigenvalue weighted by molar-refractivity contribution is 5.86. The van der Waals surface area contributed by atoms with E-state index in [0.29, 0.717) is 5.82 Å². The Balaban J connectivity index is 1.98. The molecule has 0 saturated carbocycles. The van der Waals surface area contributed by atoms with Gasteiger partial charge in [-0.25, -0.2) is 14.8 Å². The molecule has 5 nitrogen and oxygen atoms in total. The van der Waals surface area contributed by atoms with Gasteiger partial charge in [0.25, 0.3) is 0 Å². The van der Waals surface area contributed by atoms with Gasteiger partial charge in [0.2, 0.25) is 0 Å². The molecule has 0 amide bonds. The number of carbonyl (C=O) groups is 1. The van der Waals surface area contributed by atoms with Crippen LogP contribution in [0.25, 0.3) is 22.5 Å². The fraction of sp³-hybridized carbons (Fsp3) is 0. The maximum atomic E-state index is 11.0. The second-order valence-corrected chi connectivity index (χ2v) is 4.75. The van der Waals surface area contributed by atoms with E-state index in [0.717, 1.165) is 16.7 Å². The summed E-state index contributed by atoms with van der Waals surface area (Å²) >= 11 is 0. The van der Waals surface area contributed by atoms with E-state index in [1.807, 2.05) is 54.6 Å². The van der Waals surface area contributed by atoms with Gasteiger partial charge in [-0.05, 0) is 11.1 Å². The topological polar surface area (TPSA) is 89.1 Å². The molecule has 0 spiro atoms. The Morgan fingerprint density at radius 1 is 0.864 bits per heavy atom. The molecular formula is C17H13N3O2. The summed E-state index contributed by atoms with van der Waals surface area (Å²) in [5.74, 6) is -0.692. The number of nitrogen functional groups attached to an aromatic ring is 1. The molecule has 0 aliphatic rings. The van der Waals surface area contributed by atoms with Crippen molar-refractivity contribution in [2.75, 3.05) is 5.73 Å². The van der Waals surface area contributed by atoms with Crippen LogP contribution in [0, 0.1) is 0 Å². The third-order valence-electron chi connectivity index (χ3n) is 3.22. The van der Waals surface area contributed by atoms with Gasteiger partial charge < -0.3 is 10.8 Å². The number of hydrogen-bond acceptors (Lipinski definition) is 4. The second-order valence-electron chi connectivity index (χ2n) is 4.75. The van der Waals surface area contributed by atoms with Crippen LogP contribution in [0.1, 0.15) is 10.5 Å². The summed E-state index contributed by atoms with van der Waals surface area (Å²) in [5, 5.41) is 9.03. The number of hydrogen-bond donors (Lipinski definition) is 2. The molecule has 0 fully saturated rings. The summed E-state index contributed by atoms with van der Waals surface area (Å²) < 4.78 is 0. The van der Waals surface area contributed by atoms with Crippen LogP contribution in [0.15, 0.2) is 60.7 Å². The van der Waals surface area contributed by atoms with Crippen LogP contribution in [0.3, 0.4) is 0 Å². The standard InChI is InChI=1S/C17H13N3O2/c18-15-10-14(17(21)22)19-16(20-15)13-8-6-12(7-9-13)11-4-2-1-3-5-11/h1-10H,(H,21,22)(H2,18,19,20). The Morgan fingerprint density at radius 2 is 1.45 bits per heavy atom. The van der Waals surface area contributed by atoms with E-state index in [-0.39, 0.29) is 11.5 Å². The van der Waals surface area contributed by atoms with Crippen molar-refractivity contribution in [2.45, 2.75) is 0 Å². The molecule has 0 saturated heterocycles. The lowest BCUT2D eigenvalue weighted by Gasteiger charge is -2.05. The van der Waals surface area contributed by atoms with Crippen molar-refractivity contribution in [3.05, 3.63) is 66.4 Å². The van der Waals surface area contributed by atoms with Crippen LogP contribution in [-0.4, -0.2) is 21.0 Å². The van der Waals surface area contributed by atoms with Crippen LogP contribution >= 0.6 is 0 Å². The Labute approximate surface area is 127 Å². The molecule has 3 N–H and O–H groups in total. The number of carboxylic acid groups (broad SMARTS) is 1. The summed E-state index contributed by atoms with van der Waals surface area (Å²) in [6.07, 6.45) is 0. The van der Waals surface area contributed by atoms with E-state index < -0.39 is 5.97 Å². The highest BCUT2D eigenvalue weighted by atomic mass is 16.4. The minimum absolute atomic E-state index is 0.116. The molecular weight excluding hydrogens is 278 g/mol. The lowest BCUT2D eigenvalue weighted by molar-refractivity contribution is 0.0690. The minimum Gasteiger partial charge on any atom is -0.477 e. The number of rotatable bonds is 3. The van der Waals surface area contributed by atoms with Crippen molar-refractivity contribution in [1.82, 2.24) is 9.97 Å². The molecule has 5 heteroatoms. The molecule has 0 radical (unpaired) electrons. The van der Waals surface area contributed by atoms with Crippen LogP contribution in [-0.2, 0) is 0 Å². The number of nitrogens with zero attached hydrogens (tertiary/aromatic N) is 2. The summed E-state index contributed by atoms with van der Waals surface area (Å²) in [5.41, 5.74) is 8.41. The van der Waals surface area contributed by atoms with Gasteiger partial charge in [0.15, 0.2) is 11.5 Å².